The van der Waals surface area contributed by atoms with Gasteiger partial charge in [-0.1, -0.05) is 6.92 Å². The van der Waals surface area contributed by atoms with Gasteiger partial charge in [-0.2, -0.15) is 0 Å². The number of rotatable bonds is 5. The molecule has 1 N–H and O–H groups in total. The van der Waals surface area contributed by atoms with Gasteiger partial charge >= 0.3 is 0 Å². The number of nitrogens with zero attached hydrogens (tertiary/aromatic N) is 3. The van der Waals surface area contributed by atoms with Crippen LogP contribution in [0.3, 0.4) is 0 Å². The van der Waals surface area contributed by atoms with Crippen LogP contribution in [-0.2, 0) is 4.74 Å². The number of nitrogens with one attached hydrogen (secondary N) is 1. The molecule has 0 saturated carbocycles. The second-order valence-electron chi connectivity index (χ2n) is 7.50. The van der Waals surface area contributed by atoms with Crippen molar-refractivity contribution in [3.63, 3.8) is 0 Å². The van der Waals surface area contributed by atoms with Crippen molar-refractivity contribution in [1.29, 1.82) is 0 Å². The molecule has 1 aromatic heterocycles. The van der Waals surface area contributed by atoms with Gasteiger partial charge in [-0.3, -0.25) is 9.89 Å². The normalized spacial score (nSPS) is 23.9. The number of piperidine rings is 1. The van der Waals surface area contributed by atoms with E-state index in [1.807, 2.05) is 13.0 Å². The van der Waals surface area contributed by atoms with Crippen LogP contribution in [0.4, 0.5) is 0 Å². The van der Waals surface area contributed by atoms with Gasteiger partial charge in [-0.05, 0) is 44.7 Å². The fourth-order valence-electron chi connectivity index (χ4n) is 3.89. The first-order valence-electron chi connectivity index (χ1n) is 10.1. The molecule has 2 aliphatic rings. The minimum Gasteiger partial charge on any atom is -0.465 e. The number of hydrogen-bond acceptors (Lipinski definition) is 4. The van der Waals surface area contributed by atoms with E-state index in [1.165, 1.54) is 12.8 Å². The molecule has 1 aromatic rings. The number of hydrogen-bond donors (Lipinski definition) is 1. The fraction of sp³-hybridized carbons (Fsp3) is 0.750. The molecule has 0 amide bonds. The Kier molecular flexibility index (Phi) is 6.97. The highest BCUT2D eigenvalue weighted by Gasteiger charge is 2.26. The molecular formula is C20H34N4O2. The maximum atomic E-state index is 5.97. The Morgan fingerprint density at radius 2 is 2.12 bits per heavy atom. The van der Waals surface area contributed by atoms with Crippen LogP contribution in [0.5, 0.6) is 0 Å². The third kappa shape index (κ3) is 5.01. The Labute approximate surface area is 157 Å². The topological polar surface area (TPSA) is 53.2 Å². The van der Waals surface area contributed by atoms with Gasteiger partial charge in [0.05, 0.1) is 25.8 Å². The van der Waals surface area contributed by atoms with Crippen LogP contribution in [0.15, 0.2) is 21.5 Å². The Morgan fingerprint density at radius 3 is 2.77 bits per heavy atom. The van der Waals surface area contributed by atoms with E-state index in [9.17, 15) is 0 Å². The molecule has 0 spiro atoms. The molecule has 2 aliphatic heterocycles. The van der Waals surface area contributed by atoms with Crippen molar-refractivity contribution in [2.45, 2.75) is 39.7 Å². The summed E-state index contributed by atoms with van der Waals surface area (Å²) in [4.78, 5) is 9.88. The molecule has 3 rings (SSSR count). The van der Waals surface area contributed by atoms with Gasteiger partial charge in [0, 0.05) is 32.7 Å². The molecule has 0 bridgehead atoms. The maximum Gasteiger partial charge on any atom is 0.193 e. The van der Waals surface area contributed by atoms with Crippen LogP contribution in [-0.4, -0.2) is 68.2 Å². The van der Waals surface area contributed by atoms with E-state index in [4.69, 9.17) is 14.1 Å². The molecule has 0 radical (unpaired) electrons. The summed E-state index contributed by atoms with van der Waals surface area (Å²) in [5.74, 6) is 3.74. The van der Waals surface area contributed by atoms with Gasteiger partial charge in [0.25, 0.3) is 0 Å². The largest absolute Gasteiger partial charge is 0.465 e. The van der Waals surface area contributed by atoms with Crippen LogP contribution in [0, 0.1) is 12.8 Å². The Balaban J connectivity index is 1.75. The molecule has 3 heterocycles. The van der Waals surface area contributed by atoms with Gasteiger partial charge < -0.3 is 19.4 Å². The highest BCUT2D eigenvalue weighted by molar-refractivity contribution is 5.80. The number of aliphatic imine (C=N–C) groups is 1. The lowest BCUT2D eigenvalue weighted by Gasteiger charge is -2.35. The Hall–Kier alpha value is -1.53. The second kappa shape index (κ2) is 9.42. The molecule has 2 unspecified atom stereocenters. The van der Waals surface area contributed by atoms with Crippen LogP contribution in [0.1, 0.15) is 44.3 Å². The zero-order valence-corrected chi connectivity index (χ0v) is 16.5. The molecule has 146 valence electrons. The highest BCUT2D eigenvalue weighted by Crippen LogP contribution is 2.24. The standard InChI is InChI=1S/C20H34N4O2/c1-4-21-20(24-9-5-6-16(2)15-24)22-14-18(19-8-7-17(3)26-19)23-10-12-25-13-11-23/h7-8,16,18H,4-6,9-15H2,1-3H3,(H,21,22). The van der Waals surface area contributed by atoms with Gasteiger partial charge in [0.15, 0.2) is 5.96 Å². The number of likely N-dealkylation sites (tertiary alicyclic amines) is 1. The van der Waals surface area contributed by atoms with Crippen molar-refractivity contribution in [1.82, 2.24) is 15.1 Å². The molecule has 6 nitrogen and oxygen atoms in total. The summed E-state index contributed by atoms with van der Waals surface area (Å²) in [5.41, 5.74) is 0. The van der Waals surface area contributed by atoms with Crippen molar-refractivity contribution in [2.75, 3.05) is 52.5 Å². The van der Waals surface area contributed by atoms with Gasteiger partial charge in [-0.15, -0.1) is 0 Å². The quantitative estimate of drug-likeness (QED) is 0.645. The van der Waals surface area contributed by atoms with E-state index in [1.54, 1.807) is 0 Å². The van der Waals surface area contributed by atoms with Crippen molar-refractivity contribution in [2.24, 2.45) is 10.9 Å². The lowest BCUT2D eigenvalue weighted by molar-refractivity contribution is 0.0134. The number of furan rings is 1. The predicted octanol–water partition coefficient (Wildman–Crippen LogP) is 2.66. The summed E-state index contributed by atoms with van der Waals surface area (Å²) in [5, 5.41) is 3.49. The van der Waals surface area contributed by atoms with Crippen LogP contribution in [0.2, 0.25) is 0 Å². The molecule has 2 atom stereocenters. The van der Waals surface area contributed by atoms with E-state index in [0.717, 1.165) is 69.3 Å². The molecular weight excluding hydrogens is 328 g/mol. The molecule has 6 heteroatoms. The molecule has 2 fully saturated rings. The van der Waals surface area contributed by atoms with Gasteiger partial charge in [-0.25, -0.2) is 0 Å². The minimum absolute atomic E-state index is 0.170. The number of aryl methyl sites for hydroxylation is 1. The Morgan fingerprint density at radius 1 is 1.31 bits per heavy atom. The lowest BCUT2D eigenvalue weighted by atomic mass is 10.0. The van der Waals surface area contributed by atoms with Crippen molar-refractivity contribution in [3.8, 4) is 0 Å². The van der Waals surface area contributed by atoms with Crippen LogP contribution < -0.4 is 5.32 Å². The van der Waals surface area contributed by atoms with E-state index in [2.05, 4.69) is 35.0 Å². The number of guanidine groups is 1. The van der Waals surface area contributed by atoms with Gasteiger partial charge in [0.2, 0.25) is 0 Å². The van der Waals surface area contributed by atoms with E-state index in [-0.39, 0.29) is 6.04 Å². The number of ether oxygens (including phenoxy) is 1. The molecule has 0 aromatic carbocycles. The summed E-state index contributed by atoms with van der Waals surface area (Å²) in [6.45, 7) is 13.7. The first-order chi connectivity index (χ1) is 12.7. The average Bonchev–Trinajstić information content (AvgIpc) is 3.08. The molecule has 26 heavy (non-hydrogen) atoms. The smallest absolute Gasteiger partial charge is 0.193 e. The lowest BCUT2D eigenvalue weighted by Crippen LogP contribution is -2.47. The maximum absolute atomic E-state index is 5.97. The zero-order chi connectivity index (χ0) is 18.4. The summed E-state index contributed by atoms with van der Waals surface area (Å²) >= 11 is 0. The van der Waals surface area contributed by atoms with Crippen molar-refractivity contribution >= 4 is 5.96 Å². The predicted molar refractivity (Wildman–Crippen MR) is 105 cm³/mol. The first kappa shape index (κ1) is 19.2. The minimum atomic E-state index is 0.170. The summed E-state index contributed by atoms with van der Waals surface area (Å²) < 4.78 is 11.5. The van der Waals surface area contributed by atoms with Crippen LogP contribution in [0.25, 0.3) is 0 Å². The Bertz CT molecular complexity index is 580. The van der Waals surface area contributed by atoms with Crippen molar-refractivity contribution in [3.05, 3.63) is 23.7 Å². The fourth-order valence-corrected chi connectivity index (χ4v) is 3.89. The summed E-state index contributed by atoms with van der Waals surface area (Å²) in [6, 6.07) is 4.31. The third-order valence-corrected chi connectivity index (χ3v) is 5.28. The molecule has 2 saturated heterocycles. The van der Waals surface area contributed by atoms with E-state index < -0.39 is 0 Å². The average molecular weight is 363 g/mol. The van der Waals surface area contributed by atoms with Crippen molar-refractivity contribution < 1.29 is 9.15 Å². The monoisotopic (exact) mass is 362 g/mol. The highest BCUT2D eigenvalue weighted by atomic mass is 16.5. The number of morpholine rings is 1. The second-order valence-corrected chi connectivity index (χ2v) is 7.50. The van der Waals surface area contributed by atoms with Gasteiger partial charge in [0.1, 0.15) is 11.5 Å². The zero-order valence-electron chi connectivity index (χ0n) is 16.5. The molecule has 0 aliphatic carbocycles. The SMILES string of the molecule is CCNC(=NCC(c1ccc(C)o1)N1CCOCC1)N1CCCC(C)C1. The third-order valence-electron chi connectivity index (χ3n) is 5.28. The summed E-state index contributed by atoms with van der Waals surface area (Å²) in [7, 11) is 0. The van der Waals surface area contributed by atoms with E-state index in [0.29, 0.717) is 6.54 Å². The van der Waals surface area contributed by atoms with Crippen LogP contribution >= 0.6 is 0 Å². The summed E-state index contributed by atoms with van der Waals surface area (Å²) in [6.07, 6.45) is 2.56. The van der Waals surface area contributed by atoms with E-state index >= 15 is 0 Å². The first-order valence-corrected chi connectivity index (χ1v) is 10.1.